The third-order valence-electron chi connectivity index (χ3n) is 1.50. The van der Waals surface area contributed by atoms with Crippen molar-refractivity contribution in [1.82, 2.24) is 4.72 Å². The van der Waals surface area contributed by atoms with Crippen LogP contribution in [0.1, 0.15) is 13.3 Å². The van der Waals surface area contributed by atoms with E-state index in [1.807, 2.05) is 0 Å². The van der Waals surface area contributed by atoms with E-state index in [0.717, 1.165) is 0 Å². The maximum Gasteiger partial charge on any atom is 0.211 e. The lowest BCUT2D eigenvalue weighted by molar-refractivity contribution is 0.199. The van der Waals surface area contributed by atoms with Crippen molar-refractivity contribution in [3.05, 3.63) is 0 Å². The number of ether oxygens (including phenoxy) is 1. The minimum Gasteiger partial charge on any atom is -0.385 e. The fourth-order valence-electron chi connectivity index (χ4n) is 0.807. The highest BCUT2D eigenvalue weighted by atomic mass is 32.2. The number of nitrogens with one attached hydrogen (secondary N) is 1. The van der Waals surface area contributed by atoms with Gasteiger partial charge >= 0.3 is 0 Å². The van der Waals surface area contributed by atoms with Gasteiger partial charge in [0.05, 0.1) is 5.75 Å². The van der Waals surface area contributed by atoms with Crippen LogP contribution in [0.4, 0.5) is 0 Å². The van der Waals surface area contributed by atoms with Crippen LogP contribution in [-0.4, -0.2) is 40.5 Å². The van der Waals surface area contributed by atoms with Gasteiger partial charge in [-0.2, -0.15) is 0 Å². The summed E-state index contributed by atoms with van der Waals surface area (Å²) < 4.78 is 29.7. The molecule has 0 aliphatic carbocycles. The first-order valence-electron chi connectivity index (χ1n) is 4.21. The van der Waals surface area contributed by atoms with E-state index < -0.39 is 10.0 Å². The molecular formula is C7H18N2O3S. The van der Waals surface area contributed by atoms with Crippen molar-refractivity contribution < 1.29 is 13.2 Å². The standard InChI is InChI=1S/C7H18N2O3S/c1-7(6-8)9-13(10,11)5-3-4-12-2/h7,9H,3-6,8H2,1-2H3/t7-/m0/s1. The van der Waals surface area contributed by atoms with Gasteiger partial charge in [0, 0.05) is 26.3 Å². The van der Waals surface area contributed by atoms with E-state index in [-0.39, 0.29) is 11.8 Å². The van der Waals surface area contributed by atoms with Gasteiger partial charge in [0.25, 0.3) is 0 Å². The van der Waals surface area contributed by atoms with E-state index >= 15 is 0 Å². The van der Waals surface area contributed by atoms with Gasteiger partial charge in [-0.3, -0.25) is 0 Å². The molecule has 13 heavy (non-hydrogen) atoms. The molecule has 1 atom stereocenters. The van der Waals surface area contributed by atoms with E-state index in [9.17, 15) is 8.42 Å². The minimum atomic E-state index is -3.18. The Hall–Kier alpha value is -0.170. The number of hydrogen-bond acceptors (Lipinski definition) is 4. The number of sulfonamides is 1. The summed E-state index contributed by atoms with van der Waals surface area (Å²) in [6.07, 6.45) is 0.503. The number of methoxy groups -OCH3 is 1. The Morgan fingerprint density at radius 2 is 2.15 bits per heavy atom. The quantitative estimate of drug-likeness (QED) is 0.544. The molecule has 0 saturated carbocycles. The van der Waals surface area contributed by atoms with Crippen molar-refractivity contribution >= 4 is 10.0 Å². The molecule has 6 heteroatoms. The van der Waals surface area contributed by atoms with Gasteiger partial charge in [0.15, 0.2) is 0 Å². The van der Waals surface area contributed by atoms with Crippen molar-refractivity contribution in [2.75, 3.05) is 26.0 Å². The van der Waals surface area contributed by atoms with Crippen LogP contribution >= 0.6 is 0 Å². The van der Waals surface area contributed by atoms with E-state index in [1.54, 1.807) is 14.0 Å². The number of nitrogens with two attached hydrogens (primary N) is 1. The molecule has 0 aliphatic rings. The second-order valence-electron chi connectivity index (χ2n) is 2.92. The van der Waals surface area contributed by atoms with Crippen molar-refractivity contribution in [3.63, 3.8) is 0 Å². The van der Waals surface area contributed by atoms with Gasteiger partial charge < -0.3 is 10.5 Å². The van der Waals surface area contributed by atoms with Crippen LogP contribution in [0.3, 0.4) is 0 Å². The van der Waals surface area contributed by atoms with Gasteiger partial charge in [0.2, 0.25) is 10.0 Å². The van der Waals surface area contributed by atoms with Crippen LogP contribution < -0.4 is 10.5 Å². The molecule has 0 aliphatic heterocycles. The van der Waals surface area contributed by atoms with E-state index in [0.29, 0.717) is 19.6 Å². The Kier molecular flexibility index (Phi) is 6.23. The molecule has 0 bridgehead atoms. The Labute approximate surface area is 79.7 Å². The minimum absolute atomic E-state index is 0.0885. The first kappa shape index (κ1) is 12.8. The smallest absolute Gasteiger partial charge is 0.211 e. The molecule has 0 aromatic heterocycles. The zero-order valence-electron chi connectivity index (χ0n) is 8.12. The largest absolute Gasteiger partial charge is 0.385 e. The van der Waals surface area contributed by atoms with Crippen molar-refractivity contribution in [3.8, 4) is 0 Å². The highest BCUT2D eigenvalue weighted by Crippen LogP contribution is 1.92. The predicted octanol–water partition coefficient (Wildman–Crippen LogP) is -0.710. The molecule has 0 rings (SSSR count). The van der Waals surface area contributed by atoms with Crippen molar-refractivity contribution in [2.45, 2.75) is 19.4 Å². The fourth-order valence-corrected chi connectivity index (χ4v) is 2.13. The molecule has 0 aromatic carbocycles. The van der Waals surface area contributed by atoms with Crippen molar-refractivity contribution in [1.29, 1.82) is 0 Å². The molecule has 0 radical (unpaired) electrons. The topological polar surface area (TPSA) is 81.4 Å². The molecule has 0 aromatic rings. The Bertz CT molecular complexity index is 216. The predicted molar refractivity (Wildman–Crippen MR) is 51.9 cm³/mol. The molecule has 0 fully saturated rings. The maximum atomic E-state index is 11.3. The molecule has 5 nitrogen and oxygen atoms in total. The zero-order valence-corrected chi connectivity index (χ0v) is 8.93. The Balaban J connectivity index is 3.81. The third-order valence-corrected chi connectivity index (χ3v) is 3.08. The van der Waals surface area contributed by atoms with Gasteiger partial charge in [0.1, 0.15) is 0 Å². The van der Waals surface area contributed by atoms with E-state index in [1.165, 1.54) is 0 Å². The first-order valence-corrected chi connectivity index (χ1v) is 5.86. The van der Waals surface area contributed by atoms with Crippen LogP contribution in [0.5, 0.6) is 0 Å². The highest BCUT2D eigenvalue weighted by molar-refractivity contribution is 7.89. The number of rotatable bonds is 7. The van der Waals surface area contributed by atoms with Crippen LogP contribution in [0.2, 0.25) is 0 Å². The second kappa shape index (κ2) is 6.31. The zero-order chi connectivity index (χ0) is 10.3. The summed E-state index contributed by atoms with van der Waals surface area (Å²) >= 11 is 0. The first-order chi connectivity index (χ1) is 6.02. The van der Waals surface area contributed by atoms with Crippen LogP contribution in [0.15, 0.2) is 0 Å². The lowest BCUT2D eigenvalue weighted by Gasteiger charge is -2.11. The molecule has 0 amide bonds. The van der Waals surface area contributed by atoms with Crippen LogP contribution in [0.25, 0.3) is 0 Å². The van der Waals surface area contributed by atoms with E-state index in [2.05, 4.69) is 4.72 Å². The summed E-state index contributed by atoms with van der Waals surface area (Å²) in [6.45, 7) is 2.50. The molecule has 0 heterocycles. The summed E-state index contributed by atoms with van der Waals surface area (Å²) in [5, 5.41) is 0. The molecule has 0 saturated heterocycles. The molecule has 3 N–H and O–H groups in total. The molecule has 0 spiro atoms. The Morgan fingerprint density at radius 1 is 1.54 bits per heavy atom. The van der Waals surface area contributed by atoms with Gasteiger partial charge in [-0.1, -0.05) is 0 Å². The van der Waals surface area contributed by atoms with Crippen LogP contribution in [0, 0.1) is 0 Å². The second-order valence-corrected chi connectivity index (χ2v) is 4.79. The average molecular weight is 210 g/mol. The van der Waals surface area contributed by atoms with Gasteiger partial charge in [-0.15, -0.1) is 0 Å². The maximum absolute atomic E-state index is 11.3. The van der Waals surface area contributed by atoms with Gasteiger partial charge in [-0.05, 0) is 13.3 Å². The van der Waals surface area contributed by atoms with Crippen LogP contribution in [-0.2, 0) is 14.8 Å². The summed E-state index contributed by atoms with van der Waals surface area (Å²) in [4.78, 5) is 0. The Morgan fingerprint density at radius 3 is 2.62 bits per heavy atom. The average Bonchev–Trinajstić information content (AvgIpc) is 2.03. The summed E-state index contributed by atoms with van der Waals surface area (Å²) in [6, 6.07) is -0.201. The normalized spacial score (nSPS) is 14.4. The lowest BCUT2D eigenvalue weighted by Crippen LogP contribution is -2.39. The van der Waals surface area contributed by atoms with E-state index in [4.69, 9.17) is 10.5 Å². The summed E-state index contributed by atoms with van der Waals surface area (Å²) in [5.74, 6) is 0.0885. The van der Waals surface area contributed by atoms with Gasteiger partial charge in [-0.25, -0.2) is 13.1 Å². The fraction of sp³-hybridized carbons (Fsp3) is 1.00. The summed E-state index contributed by atoms with van der Waals surface area (Å²) in [7, 11) is -1.63. The monoisotopic (exact) mass is 210 g/mol. The van der Waals surface area contributed by atoms with Crippen molar-refractivity contribution in [2.24, 2.45) is 5.73 Å². The molecule has 0 unspecified atom stereocenters. The highest BCUT2D eigenvalue weighted by Gasteiger charge is 2.12. The SMILES string of the molecule is COCCCS(=O)(=O)N[C@@H](C)CN. The number of hydrogen-bond donors (Lipinski definition) is 2. The summed E-state index contributed by atoms with van der Waals surface area (Å²) in [5.41, 5.74) is 5.28. The lowest BCUT2D eigenvalue weighted by atomic mass is 10.4. The molecule has 80 valence electrons. The molecular weight excluding hydrogens is 192 g/mol. The third kappa shape index (κ3) is 6.94.